The van der Waals surface area contributed by atoms with Crippen molar-refractivity contribution in [2.75, 3.05) is 19.6 Å². The minimum atomic E-state index is 0.761. The van der Waals surface area contributed by atoms with E-state index in [0.29, 0.717) is 0 Å². The minimum Gasteiger partial charge on any atom is -0.330 e. The van der Waals surface area contributed by atoms with Gasteiger partial charge in [0.2, 0.25) is 0 Å². The first-order valence-corrected chi connectivity index (χ1v) is 7.27. The Bertz CT molecular complexity index is 237. The van der Waals surface area contributed by atoms with E-state index in [1.807, 2.05) is 0 Å². The van der Waals surface area contributed by atoms with Crippen LogP contribution in [0.5, 0.6) is 0 Å². The van der Waals surface area contributed by atoms with Crippen LogP contribution in [0.15, 0.2) is 0 Å². The van der Waals surface area contributed by atoms with Crippen molar-refractivity contribution in [1.29, 1.82) is 0 Å². The fraction of sp³-hybridized carbons (Fsp3) is 1.00. The summed E-state index contributed by atoms with van der Waals surface area (Å²) in [5, 5.41) is 0. The third-order valence-electron chi connectivity index (χ3n) is 5.38. The van der Waals surface area contributed by atoms with Gasteiger partial charge in [-0.2, -0.15) is 0 Å². The molecule has 1 aliphatic heterocycles. The first-order valence-electron chi connectivity index (χ1n) is 7.27. The zero-order valence-electron chi connectivity index (χ0n) is 10.5. The van der Waals surface area contributed by atoms with Gasteiger partial charge >= 0.3 is 0 Å². The van der Waals surface area contributed by atoms with Crippen LogP contribution in [-0.2, 0) is 0 Å². The molecular formula is C14H26N2. The molecule has 0 amide bonds. The van der Waals surface area contributed by atoms with E-state index >= 15 is 0 Å². The molecule has 2 saturated carbocycles. The molecular weight excluding hydrogens is 196 g/mol. The number of likely N-dealkylation sites (tertiary alicyclic amines) is 1. The summed E-state index contributed by atoms with van der Waals surface area (Å²) >= 11 is 0. The van der Waals surface area contributed by atoms with Gasteiger partial charge in [0.15, 0.2) is 0 Å². The fourth-order valence-corrected chi connectivity index (χ4v) is 4.43. The molecule has 3 aliphatic rings. The van der Waals surface area contributed by atoms with Gasteiger partial charge in [0, 0.05) is 19.1 Å². The van der Waals surface area contributed by atoms with Crippen molar-refractivity contribution in [2.24, 2.45) is 17.1 Å². The van der Waals surface area contributed by atoms with Crippen LogP contribution in [0.2, 0.25) is 0 Å². The summed E-state index contributed by atoms with van der Waals surface area (Å²) in [6.07, 6.45) is 11.6. The van der Waals surface area contributed by atoms with Gasteiger partial charge in [-0.15, -0.1) is 0 Å². The van der Waals surface area contributed by atoms with E-state index in [-0.39, 0.29) is 0 Å². The molecule has 0 radical (unpaired) electrons. The van der Waals surface area contributed by atoms with Crippen LogP contribution >= 0.6 is 0 Å². The highest BCUT2D eigenvalue weighted by atomic mass is 15.2. The molecule has 3 rings (SSSR count). The average molecular weight is 222 g/mol. The lowest BCUT2D eigenvalue weighted by Crippen LogP contribution is -2.61. The molecule has 2 aliphatic carbocycles. The number of nitrogens with zero attached hydrogens (tertiary/aromatic N) is 1. The highest BCUT2D eigenvalue weighted by Gasteiger charge is 2.47. The van der Waals surface area contributed by atoms with Crippen molar-refractivity contribution in [3.05, 3.63) is 0 Å². The lowest BCUT2D eigenvalue weighted by molar-refractivity contribution is -0.0536. The van der Waals surface area contributed by atoms with E-state index in [1.54, 1.807) is 0 Å². The summed E-state index contributed by atoms with van der Waals surface area (Å²) in [4.78, 5) is 2.77. The first-order chi connectivity index (χ1) is 7.83. The molecule has 1 heterocycles. The van der Waals surface area contributed by atoms with Gasteiger partial charge in [-0.05, 0) is 43.6 Å². The van der Waals surface area contributed by atoms with Gasteiger partial charge in [0.05, 0.1) is 0 Å². The molecule has 2 atom stereocenters. The van der Waals surface area contributed by atoms with E-state index in [9.17, 15) is 0 Å². The summed E-state index contributed by atoms with van der Waals surface area (Å²) in [6.45, 7) is 3.70. The van der Waals surface area contributed by atoms with E-state index < -0.39 is 0 Å². The van der Waals surface area contributed by atoms with Crippen LogP contribution in [0.4, 0.5) is 0 Å². The van der Waals surface area contributed by atoms with Crippen LogP contribution in [0.1, 0.15) is 51.4 Å². The summed E-state index contributed by atoms with van der Waals surface area (Å²) in [7, 11) is 0. The molecule has 92 valence electrons. The molecule has 0 bridgehead atoms. The smallest absolute Gasteiger partial charge is 0.0136 e. The van der Waals surface area contributed by atoms with Crippen molar-refractivity contribution in [1.82, 2.24) is 4.90 Å². The highest BCUT2D eigenvalue weighted by Crippen LogP contribution is 2.47. The van der Waals surface area contributed by atoms with Crippen LogP contribution < -0.4 is 5.73 Å². The number of hydrogen-bond donors (Lipinski definition) is 1. The van der Waals surface area contributed by atoms with Crippen molar-refractivity contribution in [2.45, 2.75) is 57.4 Å². The third kappa shape index (κ3) is 1.80. The topological polar surface area (TPSA) is 29.3 Å². The SMILES string of the molecule is NCC1CCCCC1N1CC2(CCCC2)C1. The van der Waals surface area contributed by atoms with Crippen LogP contribution in [-0.4, -0.2) is 30.6 Å². The lowest BCUT2D eigenvalue weighted by atomic mass is 9.73. The summed E-state index contributed by atoms with van der Waals surface area (Å²) in [5.74, 6) is 0.799. The van der Waals surface area contributed by atoms with Gasteiger partial charge in [0.1, 0.15) is 0 Å². The second-order valence-corrected chi connectivity index (χ2v) is 6.46. The average Bonchev–Trinajstić information content (AvgIpc) is 2.76. The zero-order valence-corrected chi connectivity index (χ0v) is 10.5. The van der Waals surface area contributed by atoms with Crippen LogP contribution in [0, 0.1) is 11.3 Å². The van der Waals surface area contributed by atoms with Crippen molar-refractivity contribution in [3.63, 3.8) is 0 Å². The maximum absolute atomic E-state index is 5.93. The standard InChI is InChI=1S/C14H26N2/c15-9-12-5-1-2-6-13(12)16-10-14(11-16)7-3-4-8-14/h12-13H,1-11,15H2. The van der Waals surface area contributed by atoms with Crippen molar-refractivity contribution in [3.8, 4) is 0 Å². The largest absolute Gasteiger partial charge is 0.330 e. The Morgan fingerprint density at radius 2 is 1.69 bits per heavy atom. The predicted molar refractivity (Wildman–Crippen MR) is 67.3 cm³/mol. The Labute approximate surface area is 99.6 Å². The second-order valence-electron chi connectivity index (χ2n) is 6.46. The zero-order chi connectivity index (χ0) is 11.0. The quantitative estimate of drug-likeness (QED) is 0.777. The van der Waals surface area contributed by atoms with Gasteiger partial charge in [-0.25, -0.2) is 0 Å². The Hall–Kier alpha value is -0.0800. The van der Waals surface area contributed by atoms with Gasteiger partial charge < -0.3 is 5.73 Å². The summed E-state index contributed by atoms with van der Waals surface area (Å²) < 4.78 is 0. The minimum absolute atomic E-state index is 0.761. The van der Waals surface area contributed by atoms with Crippen LogP contribution in [0.3, 0.4) is 0 Å². The van der Waals surface area contributed by atoms with Crippen LogP contribution in [0.25, 0.3) is 0 Å². The Balaban J connectivity index is 1.57. The van der Waals surface area contributed by atoms with E-state index in [4.69, 9.17) is 5.73 Å². The number of rotatable bonds is 2. The fourth-order valence-electron chi connectivity index (χ4n) is 4.43. The van der Waals surface area contributed by atoms with Crippen molar-refractivity contribution < 1.29 is 0 Å². The Kier molecular flexibility index (Phi) is 2.97. The molecule has 1 saturated heterocycles. The predicted octanol–water partition coefficient (Wildman–Crippen LogP) is 2.38. The Morgan fingerprint density at radius 1 is 1.00 bits per heavy atom. The normalized spacial score (nSPS) is 38.8. The van der Waals surface area contributed by atoms with E-state index in [2.05, 4.69) is 4.90 Å². The van der Waals surface area contributed by atoms with Gasteiger partial charge in [0.25, 0.3) is 0 Å². The molecule has 2 nitrogen and oxygen atoms in total. The summed E-state index contributed by atoms with van der Waals surface area (Å²) in [6, 6.07) is 0.838. The molecule has 16 heavy (non-hydrogen) atoms. The summed E-state index contributed by atoms with van der Waals surface area (Å²) in [5.41, 5.74) is 6.69. The molecule has 2 unspecified atom stereocenters. The molecule has 3 fully saturated rings. The highest BCUT2D eigenvalue weighted by molar-refractivity contribution is 5.01. The van der Waals surface area contributed by atoms with Gasteiger partial charge in [-0.3, -0.25) is 4.90 Å². The number of hydrogen-bond acceptors (Lipinski definition) is 2. The second kappa shape index (κ2) is 4.30. The van der Waals surface area contributed by atoms with E-state index in [1.165, 1.54) is 64.5 Å². The maximum Gasteiger partial charge on any atom is 0.0136 e. The monoisotopic (exact) mass is 222 g/mol. The lowest BCUT2D eigenvalue weighted by Gasteiger charge is -2.54. The van der Waals surface area contributed by atoms with E-state index in [0.717, 1.165) is 23.9 Å². The molecule has 0 aromatic carbocycles. The number of nitrogens with two attached hydrogens (primary N) is 1. The third-order valence-corrected chi connectivity index (χ3v) is 5.38. The van der Waals surface area contributed by atoms with Crippen molar-refractivity contribution >= 4 is 0 Å². The molecule has 0 aromatic rings. The molecule has 1 spiro atoms. The maximum atomic E-state index is 5.93. The molecule has 2 heteroatoms. The van der Waals surface area contributed by atoms with Gasteiger partial charge in [-0.1, -0.05) is 25.7 Å². The molecule has 2 N–H and O–H groups in total. The molecule has 0 aromatic heterocycles. The first kappa shape index (κ1) is 11.0. The Morgan fingerprint density at radius 3 is 2.38 bits per heavy atom.